The fourth-order valence-corrected chi connectivity index (χ4v) is 1.95. The minimum Gasteiger partial charge on any atom is -0.480 e. The highest BCUT2D eigenvalue weighted by atomic mass is 32.2. The van der Waals surface area contributed by atoms with Crippen LogP contribution < -0.4 is 16.8 Å². The van der Waals surface area contributed by atoms with Crippen LogP contribution in [0.5, 0.6) is 0 Å². The van der Waals surface area contributed by atoms with E-state index in [1.165, 1.54) is 0 Å². The molecule has 6 nitrogen and oxygen atoms in total. The van der Waals surface area contributed by atoms with E-state index in [9.17, 15) is 9.59 Å². The number of carbonyl (C=O) groups is 2. The molecular weight excluding hydrogens is 254 g/mol. The Morgan fingerprint density at radius 3 is 2.50 bits per heavy atom. The molecule has 0 heterocycles. The zero-order chi connectivity index (χ0) is 14.0. The van der Waals surface area contributed by atoms with Crippen LogP contribution in [0.1, 0.15) is 25.7 Å². The van der Waals surface area contributed by atoms with Crippen molar-refractivity contribution in [1.82, 2.24) is 5.32 Å². The summed E-state index contributed by atoms with van der Waals surface area (Å²) in [7, 11) is 0. The van der Waals surface area contributed by atoms with Crippen LogP contribution in [0.25, 0.3) is 0 Å². The van der Waals surface area contributed by atoms with Crippen molar-refractivity contribution < 1.29 is 26.2 Å². The average Bonchev–Trinajstić information content (AvgIpc) is 2.33. The molecule has 1 amide bonds. The number of carboxylic acids is 1. The van der Waals surface area contributed by atoms with Crippen molar-refractivity contribution >= 4 is 23.6 Å². The van der Waals surface area contributed by atoms with Gasteiger partial charge in [0, 0.05) is 6.42 Å². The van der Waals surface area contributed by atoms with E-state index in [1.807, 2.05) is 6.26 Å². The van der Waals surface area contributed by atoms with E-state index in [2.05, 4.69) is 16.8 Å². The van der Waals surface area contributed by atoms with Crippen LogP contribution in [-0.4, -0.2) is 47.6 Å². The third-order valence-electron chi connectivity index (χ3n) is 2.65. The Hall–Kier alpha value is -0.790. The van der Waals surface area contributed by atoms with E-state index in [1.54, 1.807) is 11.8 Å². The lowest BCUT2D eigenvalue weighted by Gasteiger charge is -2.15. The Kier molecular flexibility index (Phi) is 9.72. The van der Waals surface area contributed by atoms with Crippen LogP contribution in [0.4, 0.5) is 0 Å². The number of amides is 1. The van der Waals surface area contributed by atoms with Crippen molar-refractivity contribution in [3.63, 3.8) is 0 Å². The molecular formula is C11H25N3O3S+2. The van der Waals surface area contributed by atoms with Gasteiger partial charge in [0.25, 0.3) is 5.91 Å². The van der Waals surface area contributed by atoms with Crippen molar-refractivity contribution in [3.8, 4) is 0 Å². The Morgan fingerprint density at radius 2 is 2.00 bits per heavy atom. The number of aliphatic carboxylic acids is 1. The first-order valence-electron chi connectivity index (χ1n) is 6.17. The number of quaternary nitrogens is 2. The highest BCUT2D eigenvalue weighted by Crippen LogP contribution is 2.02. The standard InChI is InChI=1S/C11H23N3O3S/c1-18-7-5-9(11(16)17)14-10(15)8(13)4-2-3-6-12/h8-9H,2-7,12-13H2,1H3,(H,14,15)(H,16,17)/p+2/t8-,9+/m0/s1. The highest BCUT2D eigenvalue weighted by molar-refractivity contribution is 7.98. The Balaban J connectivity index is 4.10. The van der Waals surface area contributed by atoms with Gasteiger partial charge in [-0.1, -0.05) is 0 Å². The smallest absolute Gasteiger partial charge is 0.326 e. The molecule has 0 aliphatic carbocycles. The summed E-state index contributed by atoms with van der Waals surface area (Å²) < 4.78 is 0. The summed E-state index contributed by atoms with van der Waals surface area (Å²) in [5, 5.41) is 11.5. The molecule has 0 rings (SSSR count). The molecule has 8 N–H and O–H groups in total. The van der Waals surface area contributed by atoms with Crippen molar-refractivity contribution in [2.45, 2.75) is 37.8 Å². The van der Waals surface area contributed by atoms with E-state index in [-0.39, 0.29) is 11.9 Å². The van der Waals surface area contributed by atoms with Crippen LogP contribution in [0.3, 0.4) is 0 Å². The predicted octanol–water partition coefficient (Wildman–Crippen LogP) is -1.67. The Morgan fingerprint density at radius 1 is 1.33 bits per heavy atom. The first-order chi connectivity index (χ1) is 8.52. The lowest BCUT2D eigenvalue weighted by Crippen LogP contribution is -2.68. The molecule has 18 heavy (non-hydrogen) atoms. The number of hydrogen-bond donors (Lipinski definition) is 4. The largest absolute Gasteiger partial charge is 0.480 e. The Labute approximate surface area is 112 Å². The summed E-state index contributed by atoms with van der Waals surface area (Å²) in [6.07, 6.45) is 4.88. The molecule has 106 valence electrons. The molecule has 0 aromatic heterocycles. The van der Waals surface area contributed by atoms with Gasteiger partial charge >= 0.3 is 5.97 Å². The predicted molar refractivity (Wildman–Crippen MR) is 70.8 cm³/mol. The van der Waals surface area contributed by atoms with Gasteiger partial charge in [-0.05, 0) is 31.3 Å². The molecule has 0 aliphatic rings. The average molecular weight is 279 g/mol. The van der Waals surface area contributed by atoms with Gasteiger partial charge in [-0.15, -0.1) is 0 Å². The van der Waals surface area contributed by atoms with Crippen LogP contribution in [0.2, 0.25) is 0 Å². The summed E-state index contributed by atoms with van der Waals surface area (Å²) in [4.78, 5) is 22.7. The molecule has 2 atom stereocenters. The van der Waals surface area contributed by atoms with Crippen molar-refractivity contribution in [1.29, 1.82) is 0 Å². The zero-order valence-electron chi connectivity index (χ0n) is 11.0. The normalized spacial score (nSPS) is 13.9. The molecule has 0 spiro atoms. The first-order valence-corrected chi connectivity index (χ1v) is 7.56. The summed E-state index contributed by atoms with van der Waals surface area (Å²) in [6, 6.07) is -1.19. The van der Waals surface area contributed by atoms with Gasteiger partial charge in [-0.2, -0.15) is 11.8 Å². The molecule has 0 aromatic carbocycles. The number of unbranched alkanes of at least 4 members (excludes halogenated alkanes) is 1. The number of carbonyl (C=O) groups excluding carboxylic acids is 1. The zero-order valence-corrected chi connectivity index (χ0v) is 11.8. The minimum atomic E-state index is -0.984. The van der Waals surface area contributed by atoms with Crippen molar-refractivity contribution in [2.75, 3.05) is 18.6 Å². The molecule has 0 bridgehead atoms. The third kappa shape index (κ3) is 7.52. The number of hydrogen-bond acceptors (Lipinski definition) is 3. The second-order valence-corrected chi connectivity index (χ2v) is 5.21. The summed E-state index contributed by atoms with van der Waals surface area (Å²) in [5.41, 5.74) is 7.50. The van der Waals surface area contributed by atoms with Crippen LogP contribution in [-0.2, 0) is 9.59 Å². The van der Waals surface area contributed by atoms with Crippen LogP contribution in [0, 0.1) is 0 Å². The second-order valence-electron chi connectivity index (χ2n) is 4.23. The third-order valence-corrected chi connectivity index (χ3v) is 3.29. The summed E-state index contributed by atoms with van der Waals surface area (Å²) >= 11 is 1.56. The molecule has 0 unspecified atom stereocenters. The maximum absolute atomic E-state index is 11.8. The second kappa shape index (κ2) is 10.2. The fourth-order valence-electron chi connectivity index (χ4n) is 1.48. The van der Waals surface area contributed by atoms with E-state index in [0.717, 1.165) is 19.4 Å². The lowest BCUT2D eigenvalue weighted by atomic mass is 10.1. The minimum absolute atomic E-state index is 0.271. The topological polar surface area (TPSA) is 122 Å². The van der Waals surface area contributed by atoms with Gasteiger partial charge in [-0.25, -0.2) is 4.79 Å². The van der Waals surface area contributed by atoms with Crippen LogP contribution >= 0.6 is 11.8 Å². The monoisotopic (exact) mass is 279 g/mol. The maximum atomic E-state index is 11.8. The van der Waals surface area contributed by atoms with Gasteiger partial charge in [0.05, 0.1) is 6.54 Å². The maximum Gasteiger partial charge on any atom is 0.326 e. The molecule has 7 heteroatoms. The first kappa shape index (κ1) is 17.2. The number of carboxylic acid groups (broad SMARTS) is 1. The lowest BCUT2D eigenvalue weighted by molar-refractivity contribution is -0.406. The molecule has 0 saturated carbocycles. The van der Waals surface area contributed by atoms with Gasteiger partial charge in [0.2, 0.25) is 0 Å². The van der Waals surface area contributed by atoms with E-state index < -0.39 is 12.0 Å². The molecule has 0 aromatic rings. The number of nitrogens with one attached hydrogen (secondary N) is 1. The molecule has 0 saturated heterocycles. The molecule has 0 aliphatic heterocycles. The molecule has 0 fully saturated rings. The van der Waals surface area contributed by atoms with E-state index in [4.69, 9.17) is 5.11 Å². The van der Waals surface area contributed by atoms with Gasteiger partial charge < -0.3 is 21.9 Å². The number of thioether (sulfide) groups is 1. The van der Waals surface area contributed by atoms with E-state index >= 15 is 0 Å². The van der Waals surface area contributed by atoms with Gasteiger partial charge in [-0.3, -0.25) is 4.79 Å². The summed E-state index contributed by atoms with van der Waals surface area (Å²) in [6.45, 7) is 0.847. The quantitative estimate of drug-likeness (QED) is 0.357. The SMILES string of the molecule is CSCC[C@@H](NC(=O)[C@@H]([NH3+])CCCC[NH3+])C(=O)O. The van der Waals surface area contributed by atoms with Gasteiger partial charge in [0.15, 0.2) is 6.04 Å². The van der Waals surface area contributed by atoms with Crippen molar-refractivity contribution in [3.05, 3.63) is 0 Å². The highest BCUT2D eigenvalue weighted by Gasteiger charge is 2.24. The molecule has 0 radical (unpaired) electrons. The van der Waals surface area contributed by atoms with Crippen LogP contribution in [0.15, 0.2) is 0 Å². The number of rotatable bonds is 10. The Bertz CT molecular complexity index is 264. The van der Waals surface area contributed by atoms with E-state index in [0.29, 0.717) is 18.6 Å². The van der Waals surface area contributed by atoms with Crippen molar-refractivity contribution in [2.24, 2.45) is 0 Å². The fraction of sp³-hybridized carbons (Fsp3) is 0.818. The van der Waals surface area contributed by atoms with Gasteiger partial charge in [0.1, 0.15) is 6.04 Å². The summed E-state index contributed by atoms with van der Waals surface area (Å²) in [5.74, 6) is -0.546.